The lowest BCUT2D eigenvalue weighted by Crippen LogP contribution is -2.08. The van der Waals surface area contributed by atoms with Crippen LogP contribution < -0.4 is 5.32 Å². The van der Waals surface area contributed by atoms with Crippen LogP contribution in [0.5, 0.6) is 0 Å². The molecule has 0 fully saturated rings. The summed E-state index contributed by atoms with van der Waals surface area (Å²) >= 11 is 0. The molecule has 0 bridgehead atoms. The zero-order valence-corrected chi connectivity index (χ0v) is 8.56. The van der Waals surface area contributed by atoms with Gasteiger partial charge in [0.1, 0.15) is 0 Å². The fraction of sp³-hybridized carbons (Fsp3) is 0.167. The van der Waals surface area contributed by atoms with E-state index in [9.17, 15) is 9.59 Å². The predicted molar refractivity (Wildman–Crippen MR) is 59.9 cm³/mol. The first kappa shape index (κ1) is 11.8. The maximum atomic E-state index is 10.9. The SMILES string of the molecule is C#CC(=O)Nc1cccc(CCC(=O)O)c1. The van der Waals surface area contributed by atoms with Crippen molar-refractivity contribution in [3.05, 3.63) is 29.8 Å². The Labute approximate surface area is 93.3 Å². The number of terminal acetylenes is 1. The molecule has 1 aromatic rings. The maximum absolute atomic E-state index is 10.9. The highest BCUT2D eigenvalue weighted by molar-refractivity contribution is 6.03. The standard InChI is InChI=1S/C12H11NO3/c1-2-11(14)13-10-5-3-4-9(8-10)6-7-12(15)16/h1,3-5,8H,6-7H2,(H,13,14)(H,15,16). The number of amides is 1. The van der Waals surface area contributed by atoms with E-state index in [1.165, 1.54) is 0 Å². The van der Waals surface area contributed by atoms with Crippen LogP contribution in [0.15, 0.2) is 24.3 Å². The first-order valence-electron chi connectivity index (χ1n) is 4.70. The second-order valence-corrected chi connectivity index (χ2v) is 3.19. The summed E-state index contributed by atoms with van der Waals surface area (Å²) in [5.74, 6) is 0.572. The molecule has 0 aliphatic heterocycles. The second-order valence-electron chi connectivity index (χ2n) is 3.19. The van der Waals surface area contributed by atoms with E-state index in [1.54, 1.807) is 24.3 Å². The number of hydrogen-bond donors (Lipinski definition) is 2. The topological polar surface area (TPSA) is 66.4 Å². The molecular weight excluding hydrogens is 206 g/mol. The molecule has 0 aliphatic carbocycles. The molecule has 0 atom stereocenters. The average Bonchev–Trinajstić information content (AvgIpc) is 2.26. The molecule has 1 aromatic carbocycles. The fourth-order valence-electron chi connectivity index (χ4n) is 1.22. The lowest BCUT2D eigenvalue weighted by molar-refractivity contribution is -0.137. The minimum Gasteiger partial charge on any atom is -0.481 e. The molecule has 1 amide bonds. The van der Waals surface area contributed by atoms with Crippen molar-refractivity contribution in [2.75, 3.05) is 5.32 Å². The summed E-state index contributed by atoms with van der Waals surface area (Å²) in [5.41, 5.74) is 1.42. The Hall–Kier alpha value is -2.28. The van der Waals surface area contributed by atoms with E-state index >= 15 is 0 Å². The van der Waals surface area contributed by atoms with Gasteiger partial charge in [-0.3, -0.25) is 9.59 Å². The third kappa shape index (κ3) is 3.84. The quantitative estimate of drug-likeness (QED) is 0.746. The van der Waals surface area contributed by atoms with Gasteiger partial charge in [-0.1, -0.05) is 12.1 Å². The first-order chi connectivity index (χ1) is 7.61. The number of carbonyl (C=O) groups is 2. The van der Waals surface area contributed by atoms with E-state index in [1.807, 2.05) is 5.92 Å². The summed E-state index contributed by atoms with van der Waals surface area (Å²) in [5, 5.41) is 11.0. The molecule has 0 spiro atoms. The second kappa shape index (κ2) is 5.56. The van der Waals surface area contributed by atoms with E-state index in [4.69, 9.17) is 11.5 Å². The number of anilines is 1. The van der Waals surface area contributed by atoms with Crippen molar-refractivity contribution in [1.82, 2.24) is 0 Å². The van der Waals surface area contributed by atoms with Crippen LogP contribution in [-0.4, -0.2) is 17.0 Å². The monoisotopic (exact) mass is 217 g/mol. The third-order valence-corrected chi connectivity index (χ3v) is 1.94. The molecule has 4 nitrogen and oxygen atoms in total. The van der Waals surface area contributed by atoms with Gasteiger partial charge in [0, 0.05) is 12.1 Å². The van der Waals surface area contributed by atoms with Crippen LogP contribution in [-0.2, 0) is 16.0 Å². The van der Waals surface area contributed by atoms with Gasteiger partial charge in [-0.25, -0.2) is 0 Å². The molecule has 0 aliphatic rings. The molecular formula is C12H11NO3. The molecule has 0 radical (unpaired) electrons. The number of carbonyl (C=O) groups excluding carboxylic acids is 1. The molecule has 0 unspecified atom stereocenters. The highest BCUT2D eigenvalue weighted by Crippen LogP contribution is 2.12. The lowest BCUT2D eigenvalue weighted by atomic mass is 10.1. The molecule has 16 heavy (non-hydrogen) atoms. The van der Waals surface area contributed by atoms with Crippen molar-refractivity contribution in [3.8, 4) is 12.3 Å². The summed E-state index contributed by atoms with van der Waals surface area (Å²) < 4.78 is 0. The Balaban J connectivity index is 2.68. The van der Waals surface area contributed by atoms with Gasteiger partial charge in [-0.05, 0) is 30.0 Å². The molecule has 2 N–H and O–H groups in total. The number of carboxylic acid groups (broad SMARTS) is 1. The summed E-state index contributed by atoms with van der Waals surface area (Å²) in [6.45, 7) is 0. The normalized spacial score (nSPS) is 9.19. The van der Waals surface area contributed by atoms with Crippen molar-refractivity contribution in [3.63, 3.8) is 0 Å². The summed E-state index contributed by atoms with van der Waals surface area (Å²) in [4.78, 5) is 21.3. The summed E-state index contributed by atoms with van der Waals surface area (Å²) in [7, 11) is 0. The number of aryl methyl sites for hydroxylation is 1. The molecule has 1 rings (SSSR count). The van der Waals surface area contributed by atoms with Gasteiger partial charge < -0.3 is 10.4 Å². The Morgan fingerprint density at radius 3 is 2.81 bits per heavy atom. The first-order valence-corrected chi connectivity index (χ1v) is 4.70. The van der Waals surface area contributed by atoms with E-state index < -0.39 is 11.9 Å². The Bertz CT molecular complexity index is 446. The number of nitrogens with one attached hydrogen (secondary N) is 1. The van der Waals surface area contributed by atoms with E-state index in [2.05, 4.69) is 5.32 Å². The summed E-state index contributed by atoms with van der Waals surface area (Å²) in [6, 6.07) is 6.94. The van der Waals surface area contributed by atoms with Crippen LogP contribution in [0.4, 0.5) is 5.69 Å². The molecule has 4 heteroatoms. The highest BCUT2D eigenvalue weighted by Gasteiger charge is 2.01. The Morgan fingerprint density at radius 2 is 2.19 bits per heavy atom. The Kier molecular flexibility index (Phi) is 4.10. The van der Waals surface area contributed by atoms with Gasteiger partial charge in [0.15, 0.2) is 0 Å². The minimum atomic E-state index is -0.849. The van der Waals surface area contributed by atoms with Crippen LogP contribution in [0.3, 0.4) is 0 Å². The van der Waals surface area contributed by atoms with Gasteiger partial charge in [-0.2, -0.15) is 0 Å². The Morgan fingerprint density at radius 1 is 1.44 bits per heavy atom. The number of carboxylic acids is 1. The molecule has 82 valence electrons. The lowest BCUT2D eigenvalue weighted by Gasteiger charge is -2.03. The number of benzene rings is 1. The average molecular weight is 217 g/mol. The van der Waals surface area contributed by atoms with Crippen LogP contribution in [0.1, 0.15) is 12.0 Å². The van der Waals surface area contributed by atoms with Crippen LogP contribution in [0, 0.1) is 12.3 Å². The third-order valence-electron chi connectivity index (χ3n) is 1.94. The van der Waals surface area contributed by atoms with Crippen molar-refractivity contribution in [2.45, 2.75) is 12.8 Å². The number of aliphatic carboxylic acids is 1. The van der Waals surface area contributed by atoms with Crippen LogP contribution in [0.25, 0.3) is 0 Å². The molecule has 0 saturated carbocycles. The smallest absolute Gasteiger partial charge is 0.303 e. The maximum Gasteiger partial charge on any atom is 0.303 e. The van der Waals surface area contributed by atoms with Crippen molar-refractivity contribution in [2.24, 2.45) is 0 Å². The van der Waals surface area contributed by atoms with Crippen molar-refractivity contribution in [1.29, 1.82) is 0 Å². The predicted octanol–water partition coefficient (Wildman–Crippen LogP) is 1.28. The zero-order valence-electron chi connectivity index (χ0n) is 8.56. The van der Waals surface area contributed by atoms with E-state index in [0.717, 1.165) is 5.56 Å². The fourth-order valence-corrected chi connectivity index (χ4v) is 1.22. The van der Waals surface area contributed by atoms with Gasteiger partial charge >= 0.3 is 5.97 Å². The van der Waals surface area contributed by atoms with Gasteiger partial charge in [-0.15, -0.1) is 6.42 Å². The van der Waals surface area contributed by atoms with Crippen LogP contribution >= 0.6 is 0 Å². The van der Waals surface area contributed by atoms with Crippen LogP contribution in [0.2, 0.25) is 0 Å². The number of hydrogen-bond acceptors (Lipinski definition) is 2. The molecule has 0 saturated heterocycles. The summed E-state index contributed by atoms with van der Waals surface area (Å²) in [6.07, 6.45) is 5.40. The highest BCUT2D eigenvalue weighted by atomic mass is 16.4. The number of rotatable bonds is 4. The van der Waals surface area contributed by atoms with Gasteiger partial charge in [0.25, 0.3) is 5.91 Å². The largest absolute Gasteiger partial charge is 0.481 e. The minimum absolute atomic E-state index is 0.0620. The van der Waals surface area contributed by atoms with Gasteiger partial charge in [0.2, 0.25) is 0 Å². The van der Waals surface area contributed by atoms with Crippen molar-refractivity contribution < 1.29 is 14.7 Å². The molecule has 0 heterocycles. The molecule has 0 aromatic heterocycles. The van der Waals surface area contributed by atoms with E-state index in [-0.39, 0.29) is 6.42 Å². The van der Waals surface area contributed by atoms with E-state index in [0.29, 0.717) is 12.1 Å². The zero-order chi connectivity index (χ0) is 12.0. The van der Waals surface area contributed by atoms with Gasteiger partial charge in [0.05, 0.1) is 0 Å². The van der Waals surface area contributed by atoms with Crippen molar-refractivity contribution >= 4 is 17.6 Å².